The summed E-state index contributed by atoms with van der Waals surface area (Å²) in [7, 11) is 1.22. The Morgan fingerprint density at radius 1 is 1.28 bits per heavy atom. The minimum Gasteiger partial charge on any atom is -0.496 e. The quantitative estimate of drug-likeness (QED) is 0.537. The maximum absolute atomic E-state index is 13.3. The Bertz CT molecular complexity index is 778. The highest BCUT2D eigenvalue weighted by molar-refractivity contribution is 6.74. The summed E-state index contributed by atoms with van der Waals surface area (Å²) in [5.41, 5.74) is 0.812. The van der Waals surface area contributed by atoms with Crippen molar-refractivity contribution >= 4 is 14.1 Å². The highest BCUT2D eigenvalue weighted by Gasteiger charge is 2.44. The second-order valence-electron chi connectivity index (χ2n) is 9.40. The van der Waals surface area contributed by atoms with Crippen molar-refractivity contribution in [2.75, 3.05) is 14.2 Å². The molecular formula is C23H35NO4Si. The van der Waals surface area contributed by atoms with Crippen LogP contribution in [-0.4, -0.2) is 40.0 Å². The number of Topliss-reactive ketones (excluding diaryl/α,β-unsaturated/α-hetero) is 1. The van der Waals surface area contributed by atoms with Crippen LogP contribution in [0.3, 0.4) is 0 Å². The van der Waals surface area contributed by atoms with Gasteiger partial charge in [-0.3, -0.25) is 4.79 Å². The summed E-state index contributed by atoms with van der Waals surface area (Å²) in [6, 6.07) is 7.90. The van der Waals surface area contributed by atoms with E-state index in [0.29, 0.717) is 31.2 Å². The lowest BCUT2D eigenvalue weighted by molar-refractivity contribution is -0.0132. The van der Waals surface area contributed by atoms with Crippen molar-refractivity contribution in [2.45, 2.75) is 82.7 Å². The summed E-state index contributed by atoms with van der Waals surface area (Å²) in [5, 5.41) is 9.64. The van der Waals surface area contributed by atoms with Crippen LogP contribution in [0.4, 0.5) is 0 Å². The molecule has 0 saturated heterocycles. The van der Waals surface area contributed by atoms with E-state index in [9.17, 15) is 10.1 Å². The van der Waals surface area contributed by atoms with E-state index in [1.807, 2.05) is 18.2 Å². The molecule has 1 unspecified atom stereocenters. The van der Waals surface area contributed by atoms with Gasteiger partial charge in [0, 0.05) is 18.2 Å². The number of benzene rings is 1. The van der Waals surface area contributed by atoms with Gasteiger partial charge in [-0.25, -0.2) is 0 Å². The number of carbonyl (C=O) groups excluding carboxylic acids is 1. The highest BCUT2D eigenvalue weighted by atomic mass is 28.4. The van der Waals surface area contributed by atoms with E-state index in [-0.39, 0.29) is 10.8 Å². The minimum absolute atomic E-state index is 0.0129. The number of hydrogen-bond acceptors (Lipinski definition) is 5. The van der Waals surface area contributed by atoms with Crippen molar-refractivity contribution in [1.29, 1.82) is 5.26 Å². The monoisotopic (exact) mass is 417 g/mol. The van der Waals surface area contributed by atoms with Crippen LogP contribution in [0.25, 0.3) is 0 Å². The van der Waals surface area contributed by atoms with Crippen molar-refractivity contribution in [3.05, 3.63) is 29.3 Å². The minimum atomic E-state index is -2.01. The predicted molar refractivity (Wildman–Crippen MR) is 117 cm³/mol. The summed E-state index contributed by atoms with van der Waals surface area (Å²) >= 11 is 0. The topological polar surface area (TPSA) is 68.6 Å². The van der Waals surface area contributed by atoms with Gasteiger partial charge in [0.25, 0.3) is 0 Å². The number of methoxy groups -OCH3 is 2. The lowest BCUT2D eigenvalue weighted by Gasteiger charge is -2.38. The van der Waals surface area contributed by atoms with Crippen LogP contribution in [0, 0.1) is 11.3 Å². The fourth-order valence-corrected chi connectivity index (χ4v) is 4.94. The summed E-state index contributed by atoms with van der Waals surface area (Å²) in [6.07, 6.45) is 2.80. The molecule has 1 aromatic rings. The van der Waals surface area contributed by atoms with E-state index in [4.69, 9.17) is 13.9 Å². The Balaban J connectivity index is 2.08. The molecule has 0 radical (unpaired) electrons. The van der Waals surface area contributed by atoms with Crippen LogP contribution in [0.2, 0.25) is 18.1 Å². The van der Waals surface area contributed by atoms with Gasteiger partial charge < -0.3 is 13.9 Å². The predicted octanol–water partition coefficient (Wildman–Crippen LogP) is 5.29. The second kappa shape index (κ2) is 8.99. The smallest absolute Gasteiger partial charge is 0.195 e. The lowest BCUT2D eigenvalue weighted by Crippen LogP contribution is -2.45. The van der Waals surface area contributed by atoms with Crippen molar-refractivity contribution < 1.29 is 18.7 Å². The number of rotatable bonds is 8. The third kappa shape index (κ3) is 4.91. The summed E-state index contributed by atoms with van der Waals surface area (Å²) in [5.74, 6) is 0.770. The lowest BCUT2D eigenvalue weighted by atomic mass is 9.76. The van der Waals surface area contributed by atoms with E-state index in [0.717, 1.165) is 17.7 Å². The van der Waals surface area contributed by atoms with Crippen molar-refractivity contribution in [2.24, 2.45) is 0 Å². The molecular weight excluding hydrogens is 382 g/mol. The number of ketones is 1. The molecule has 0 heterocycles. The number of nitrogens with zero attached hydrogens (tertiary/aromatic N) is 1. The molecule has 0 N–H and O–H groups in total. The third-order valence-electron chi connectivity index (χ3n) is 6.61. The molecule has 5 nitrogen and oxygen atoms in total. The zero-order valence-electron chi connectivity index (χ0n) is 18.9. The number of fused-ring (bicyclic) bond motifs is 1. The van der Waals surface area contributed by atoms with Crippen molar-refractivity contribution in [3.63, 3.8) is 0 Å². The van der Waals surface area contributed by atoms with E-state index in [1.54, 1.807) is 14.2 Å². The van der Waals surface area contributed by atoms with Gasteiger partial charge in [-0.1, -0.05) is 32.9 Å². The molecule has 0 aromatic heterocycles. The summed E-state index contributed by atoms with van der Waals surface area (Å²) < 4.78 is 17.5. The Morgan fingerprint density at radius 3 is 2.52 bits per heavy atom. The van der Waals surface area contributed by atoms with Crippen LogP contribution >= 0.6 is 0 Å². The molecule has 0 amide bonds. The Morgan fingerprint density at radius 2 is 1.97 bits per heavy atom. The fourth-order valence-electron chi connectivity index (χ4n) is 3.70. The third-order valence-corrected chi connectivity index (χ3v) is 11.1. The number of carbonyl (C=O) groups is 1. The molecule has 1 aliphatic rings. The molecule has 0 bridgehead atoms. The molecule has 1 aromatic carbocycles. The molecule has 29 heavy (non-hydrogen) atoms. The second-order valence-corrected chi connectivity index (χ2v) is 14.2. The molecule has 2 atom stereocenters. The molecule has 0 aliphatic heterocycles. The fraction of sp³-hybridized carbons (Fsp3) is 0.652. The standard InChI is InChI=1S/C23H35NO4Si/c1-22(2,3)29(6,7)28-17(16-24)10-9-14-23(27-5)15-13-18-19(21(23)25)11-8-12-20(18)26-4/h8,11-12,17H,9-10,13-15H2,1-7H3/t17?,23-/m0/s1. The normalized spacial score (nSPS) is 20.7. The first-order valence-corrected chi connectivity index (χ1v) is 13.3. The molecule has 0 saturated carbocycles. The zero-order chi connectivity index (χ0) is 21.9. The number of ether oxygens (including phenoxy) is 2. The van der Waals surface area contributed by atoms with Crippen molar-refractivity contribution in [1.82, 2.24) is 0 Å². The van der Waals surface area contributed by atoms with Gasteiger partial charge in [0.2, 0.25) is 0 Å². The first kappa shape index (κ1) is 23.6. The number of hydrogen-bond donors (Lipinski definition) is 0. The van der Waals surface area contributed by atoms with Gasteiger partial charge in [-0.15, -0.1) is 0 Å². The SMILES string of the molecule is COc1cccc2c1CC[C@](CCCC(C#N)O[Si](C)(C)C(C)(C)C)(OC)C2=O. The van der Waals surface area contributed by atoms with Crippen LogP contribution in [0.1, 0.15) is 62.4 Å². The first-order valence-electron chi connectivity index (χ1n) is 10.3. The van der Waals surface area contributed by atoms with Crippen LogP contribution in [0.15, 0.2) is 18.2 Å². The first-order chi connectivity index (χ1) is 13.5. The van der Waals surface area contributed by atoms with Gasteiger partial charge in [0.05, 0.1) is 13.2 Å². The van der Waals surface area contributed by atoms with Crippen LogP contribution in [0.5, 0.6) is 5.75 Å². The summed E-state index contributed by atoms with van der Waals surface area (Å²) in [6.45, 7) is 10.8. The maximum atomic E-state index is 13.3. The highest BCUT2D eigenvalue weighted by Crippen LogP contribution is 2.40. The molecule has 1 aliphatic carbocycles. The van der Waals surface area contributed by atoms with Gasteiger partial charge in [0.15, 0.2) is 14.1 Å². The van der Waals surface area contributed by atoms with Gasteiger partial charge in [-0.05, 0) is 56.3 Å². The average Bonchev–Trinajstić information content (AvgIpc) is 2.67. The average molecular weight is 418 g/mol. The van der Waals surface area contributed by atoms with E-state index in [1.165, 1.54) is 0 Å². The van der Waals surface area contributed by atoms with Crippen molar-refractivity contribution in [3.8, 4) is 11.8 Å². The van der Waals surface area contributed by atoms with Gasteiger partial charge in [-0.2, -0.15) is 5.26 Å². The number of nitriles is 1. The molecule has 160 valence electrons. The molecule has 0 spiro atoms. The van der Waals surface area contributed by atoms with Gasteiger partial charge >= 0.3 is 0 Å². The Kier molecular flexibility index (Phi) is 7.31. The Hall–Kier alpha value is -1.68. The zero-order valence-corrected chi connectivity index (χ0v) is 19.9. The van der Waals surface area contributed by atoms with E-state index in [2.05, 4.69) is 39.9 Å². The largest absolute Gasteiger partial charge is 0.496 e. The van der Waals surface area contributed by atoms with E-state index >= 15 is 0 Å². The van der Waals surface area contributed by atoms with Crippen LogP contribution < -0.4 is 4.74 Å². The summed E-state index contributed by atoms with van der Waals surface area (Å²) in [4.78, 5) is 13.3. The molecule has 0 fully saturated rings. The molecule has 6 heteroatoms. The Labute approximate surface area is 176 Å². The van der Waals surface area contributed by atoms with Gasteiger partial charge in [0.1, 0.15) is 17.5 Å². The van der Waals surface area contributed by atoms with Crippen LogP contribution in [-0.2, 0) is 15.6 Å². The molecule has 2 rings (SSSR count). The maximum Gasteiger partial charge on any atom is 0.195 e. The van der Waals surface area contributed by atoms with E-state index < -0.39 is 20.0 Å².